The van der Waals surface area contributed by atoms with E-state index < -0.39 is 0 Å². The Labute approximate surface area is 131 Å². The van der Waals surface area contributed by atoms with E-state index >= 15 is 0 Å². The van der Waals surface area contributed by atoms with Gasteiger partial charge < -0.3 is 5.32 Å². The van der Waals surface area contributed by atoms with Gasteiger partial charge in [0.2, 0.25) is 0 Å². The number of hydrogen-bond donors (Lipinski definition) is 1. The van der Waals surface area contributed by atoms with Crippen molar-refractivity contribution in [2.45, 2.75) is 43.9 Å². The van der Waals surface area contributed by atoms with Crippen molar-refractivity contribution in [1.82, 2.24) is 10.3 Å². The van der Waals surface area contributed by atoms with E-state index in [1.807, 2.05) is 12.4 Å². The second-order valence-corrected chi connectivity index (χ2v) is 7.13. The van der Waals surface area contributed by atoms with Crippen LogP contribution >= 0.6 is 11.8 Å². The molecular weight excluding hydrogens is 276 g/mol. The number of aromatic nitrogens is 1. The maximum Gasteiger partial charge on any atom is 0.0418 e. The number of nitrogens with one attached hydrogen (secondary N) is 1. The third-order valence-electron chi connectivity index (χ3n) is 4.34. The highest BCUT2D eigenvalue weighted by atomic mass is 32.2. The van der Waals surface area contributed by atoms with Crippen molar-refractivity contribution in [3.8, 4) is 0 Å². The van der Waals surface area contributed by atoms with Gasteiger partial charge in [-0.05, 0) is 36.4 Å². The van der Waals surface area contributed by atoms with Crippen LogP contribution < -0.4 is 5.32 Å². The van der Waals surface area contributed by atoms with E-state index in [1.54, 1.807) is 0 Å². The molecular formula is C18H24N2S. The zero-order valence-electron chi connectivity index (χ0n) is 12.7. The lowest BCUT2D eigenvalue weighted by Gasteiger charge is -2.21. The molecule has 0 radical (unpaired) electrons. The smallest absolute Gasteiger partial charge is 0.0418 e. The Balaban J connectivity index is 1.80. The fourth-order valence-electron chi connectivity index (χ4n) is 3.23. The molecule has 0 spiro atoms. The molecule has 2 aromatic rings. The maximum absolute atomic E-state index is 4.32. The Kier molecular flexibility index (Phi) is 5.15. The fraction of sp³-hybridized carbons (Fsp3) is 0.500. The van der Waals surface area contributed by atoms with Crippen LogP contribution in [0.2, 0.25) is 0 Å². The number of rotatable bonds is 6. The number of hydrogen-bond acceptors (Lipinski definition) is 3. The Morgan fingerprint density at radius 1 is 1.29 bits per heavy atom. The fourth-order valence-corrected chi connectivity index (χ4v) is 4.66. The second-order valence-electron chi connectivity index (χ2n) is 5.79. The molecule has 0 amide bonds. The topological polar surface area (TPSA) is 24.9 Å². The van der Waals surface area contributed by atoms with Crippen molar-refractivity contribution >= 4 is 22.5 Å². The van der Waals surface area contributed by atoms with Gasteiger partial charge in [0.05, 0.1) is 0 Å². The zero-order valence-corrected chi connectivity index (χ0v) is 13.5. The molecule has 3 heteroatoms. The van der Waals surface area contributed by atoms with Gasteiger partial charge in [0.25, 0.3) is 0 Å². The summed E-state index contributed by atoms with van der Waals surface area (Å²) < 4.78 is 0. The van der Waals surface area contributed by atoms with Gasteiger partial charge in [0, 0.05) is 34.8 Å². The van der Waals surface area contributed by atoms with Crippen molar-refractivity contribution in [3.05, 3.63) is 42.2 Å². The molecule has 112 valence electrons. The van der Waals surface area contributed by atoms with Crippen LogP contribution in [-0.2, 0) is 0 Å². The number of thioether (sulfide) groups is 1. The molecule has 1 aliphatic carbocycles. The van der Waals surface area contributed by atoms with E-state index in [4.69, 9.17) is 0 Å². The summed E-state index contributed by atoms with van der Waals surface area (Å²) in [6.07, 6.45) is 9.53. The highest BCUT2D eigenvalue weighted by molar-refractivity contribution is 7.99. The number of pyridine rings is 1. The van der Waals surface area contributed by atoms with Crippen molar-refractivity contribution in [1.29, 1.82) is 0 Å². The van der Waals surface area contributed by atoms with E-state index in [2.05, 4.69) is 53.3 Å². The first-order valence-corrected chi connectivity index (χ1v) is 9.11. The number of fused-ring (bicyclic) bond motifs is 1. The molecule has 1 saturated carbocycles. The van der Waals surface area contributed by atoms with E-state index in [0.717, 1.165) is 17.5 Å². The van der Waals surface area contributed by atoms with Gasteiger partial charge in [0.1, 0.15) is 0 Å². The number of nitrogens with zero attached hydrogens (tertiary/aromatic N) is 1. The van der Waals surface area contributed by atoms with Crippen LogP contribution in [0.15, 0.2) is 36.7 Å². The van der Waals surface area contributed by atoms with Gasteiger partial charge in [0.15, 0.2) is 0 Å². The summed E-state index contributed by atoms with van der Waals surface area (Å²) in [6.45, 7) is 3.20. The first-order valence-electron chi connectivity index (χ1n) is 8.06. The summed E-state index contributed by atoms with van der Waals surface area (Å²) in [4.78, 5) is 4.32. The van der Waals surface area contributed by atoms with Crippen LogP contribution in [0.5, 0.6) is 0 Å². The molecule has 1 atom stereocenters. The SMILES string of the molecule is CCNC(CSC1CCCC1)c1cccc2ccncc12. The summed E-state index contributed by atoms with van der Waals surface area (Å²) in [5.41, 5.74) is 1.40. The molecule has 1 fully saturated rings. The monoisotopic (exact) mass is 300 g/mol. The third kappa shape index (κ3) is 3.58. The molecule has 0 aliphatic heterocycles. The standard InChI is InChI=1S/C18H24N2S/c1-2-20-18(13-21-15-7-3-4-8-15)16-9-5-6-14-10-11-19-12-17(14)16/h5-6,9-12,15,18,20H,2-4,7-8,13H2,1H3. The predicted molar refractivity (Wildman–Crippen MR) is 92.9 cm³/mol. The van der Waals surface area contributed by atoms with Crippen molar-refractivity contribution in [2.24, 2.45) is 0 Å². The van der Waals surface area contributed by atoms with Crippen molar-refractivity contribution < 1.29 is 0 Å². The zero-order chi connectivity index (χ0) is 14.5. The molecule has 1 aliphatic rings. The minimum Gasteiger partial charge on any atom is -0.309 e. The average molecular weight is 300 g/mol. The summed E-state index contributed by atoms with van der Waals surface area (Å²) in [6, 6.07) is 9.13. The molecule has 2 nitrogen and oxygen atoms in total. The predicted octanol–water partition coefficient (Wildman–Crippen LogP) is 4.56. The lowest BCUT2D eigenvalue weighted by Crippen LogP contribution is -2.24. The van der Waals surface area contributed by atoms with Crippen LogP contribution in [0.1, 0.15) is 44.2 Å². The molecule has 1 N–H and O–H groups in total. The largest absolute Gasteiger partial charge is 0.309 e. The first-order chi connectivity index (χ1) is 10.4. The second kappa shape index (κ2) is 7.28. The highest BCUT2D eigenvalue weighted by Crippen LogP contribution is 2.33. The molecule has 0 bridgehead atoms. The molecule has 0 saturated heterocycles. The maximum atomic E-state index is 4.32. The molecule has 1 heterocycles. The van der Waals surface area contributed by atoms with E-state index in [-0.39, 0.29) is 0 Å². The average Bonchev–Trinajstić information content (AvgIpc) is 3.04. The summed E-state index contributed by atoms with van der Waals surface area (Å²) in [5.74, 6) is 1.16. The third-order valence-corrected chi connectivity index (χ3v) is 5.81. The molecule has 1 aromatic heterocycles. The van der Waals surface area contributed by atoms with Gasteiger partial charge in [-0.25, -0.2) is 0 Å². The Morgan fingerprint density at radius 3 is 2.95 bits per heavy atom. The van der Waals surface area contributed by atoms with Gasteiger partial charge in [-0.2, -0.15) is 11.8 Å². The highest BCUT2D eigenvalue weighted by Gasteiger charge is 2.19. The summed E-state index contributed by atoms with van der Waals surface area (Å²) in [7, 11) is 0. The van der Waals surface area contributed by atoms with Crippen LogP contribution in [0.3, 0.4) is 0 Å². The van der Waals surface area contributed by atoms with Gasteiger partial charge in [-0.1, -0.05) is 38.0 Å². The summed E-state index contributed by atoms with van der Waals surface area (Å²) in [5, 5.41) is 7.12. The van der Waals surface area contributed by atoms with Crippen molar-refractivity contribution in [3.63, 3.8) is 0 Å². The number of benzene rings is 1. The minimum atomic E-state index is 0.425. The van der Waals surface area contributed by atoms with E-state index in [9.17, 15) is 0 Å². The van der Waals surface area contributed by atoms with Gasteiger partial charge in [-0.3, -0.25) is 4.98 Å². The van der Waals surface area contributed by atoms with E-state index in [1.165, 1.54) is 42.0 Å². The quantitative estimate of drug-likeness (QED) is 0.846. The molecule has 1 aromatic carbocycles. The normalized spacial score (nSPS) is 17.4. The molecule has 3 rings (SSSR count). The first kappa shape index (κ1) is 14.9. The molecule has 21 heavy (non-hydrogen) atoms. The Bertz CT molecular complexity index is 573. The Morgan fingerprint density at radius 2 is 2.14 bits per heavy atom. The van der Waals surface area contributed by atoms with E-state index in [0.29, 0.717) is 6.04 Å². The van der Waals surface area contributed by atoms with Gasteiger partial charge >= 0.3 is 0 Å². The minimum absolute atomic E-state index is 0.425. The lowest BCUT2D eigenvalue weighted by molar-refractivity contribution is 0.608. The van der Waals surface area contributed by atoms with Crippen LogP contribution in [0.25, 0.3) is 10.8 Å². The Hall–Kier alpha value is -1.06. The lowest BCUT2D eigenvalue weighted by atomic mass is 10.0. The van der Waals surface area contributed by atoms with Gasteiger partial charge in [-0.15, -0.1) is 0 Å². The van der Waals surface area contributed by atoms with Crippen LogP contribution in [-0.4, -0.2) is 22.5 Å². The van der Waals surface area contributed by atoms with Crippen molar-refractivity contribution in [2.75, 3.05) is 12.3 Å². The van der Waals surface area contributed by atoms with Crippen LogP contribution in [0.4, 0.5) is 0 Å². The van der Waals surface area contributed by atoms with Crippen LogP contribution in [0, 0.1) is 0 Å². The summed E-state index contributed by atoms with van der Waals surface area (Å²) >= 11 is 2.15. The molecule has 1 unspecified atom stereocenters.